The van der Waals surface area contributed by atoms with Crippen molar-refractivity contribution in [1.82, 2.24) is 10.5 Å². The first kappa shape index (κ1) is 6.98. The summed E-state index contributed by atoms with van der Waals surface area (Å²) < 4.78 is 0. The van der Waals surface area contributed by atoms with Gasteiger partial charge in [-0.15, -0.1) is 0 Å². The molecule has 9 heavy (non-hydrogen) atoms. The molecule has 7 nitrogen and oxygen atoms in total. The molecule has 0 aromatic rings. The van der Waals surface area contributed by atoms with Gasteiger partial charge in [-0.1, -0.05) is 0 Å². The van der Waals surface area contributed by atoms with E-state index in [1.54, 1.807) is 0 Å². The second kappa shape index (κ2) is 3.04. The summed E-state index contributed by atoms with van der Waals surface area (Å²) in [6.07, 6.45) is 2.31. The maximum absolute atomic E-state index is 9.62. The molecule has 0 fully saturated rings. The van der Waals surface area contributed by atoms with Crippen LogP contribution in [0.2, 0.25) is 0 Å². The van der Waals surface area contributed by atoms with Crippen LogP contribution in [0.5, 0.6) is 0 Å². The molecule has 0 aliphatic carbocycles. The van der Waals surface area contributed by atoms with E-state index in [0.29, 0.717) is 0 Å². The molecule has 0 aromatic heterocycles. The number of nitrogens with zero attached hydrogens (tertiary/aromatic N) is 4. The lowest BCUT2D eigenvalue weighted by Gasteiger charge is -1.96. The largest absolute Gasteiger partial charge is 0.273 e. The van der Waals surface area contributed by atoms with Gasteiger partial charge in [0.25, 0.3) is 6.19 Å². The van der Waals surface area contributed by atoms with Crippen LogP contribution < -0.4 is 5.43 Å². The van der Waals surface area contributed by atoms with E-state index < -0.39 is 5.03 Å². The monoisotopic (exact) mass is 127 g/mol. The number of hydrazine groups is 2. The lowest BCUT2D eigenvalue weighted by molar-refractivity contribution is -0.647. The number of nitriles is 2. The van der Waals surface area contributed by atoms with E-state index in [4.69, 9.17) is 10.5 Å². The van der Waals surface area contributed by atoms with Gasteiger partial charge in [-0.3, -0.25) is 0 Å². The second-order valence-electron chi connectivity index (χ2n) is 0.873. The molecule has 0 aliphatic heterocycles. The Balaban J connectivity index is 3.91. The highest BCUT2D eigenvalue weighted by atomic mass is 16.7. The Hall–Kier alpha value is -2.02. The molecule has 0 spiro atoms. The van der Waals surface area contributed by atoms with Gasteiger partial charge in [-0.2, -0.15) is 15.9 Å². The topological polar surface area (TPSA) is 106 Å². The summed E-state index contributed by atoms with van der Waals surface area (Å²) >= 11 is 0. The minimum absolute atomic E-state index is 0.111. The first-order chi connectivity index (χ1) is 4.22. The number of nitrogens with one attached hydrogen (secondary N) is 1. The Morgan fingerprint density at radius 3 is 2.33 bits per heavy atom. The summed E-state index contributed by atoms with van der Waals surface area (Å²) in [7, 11) is 0. The molecule has 0 atom stereocenters. The minimum atomic E-state index is -1.05. The molecule has 0 amide bonds. The van der Waals surface area contributed by atoms with Crippen LogP contribution in [0.25, 0.3) is 0 Å². The molecule has 46 valence electrons. The number of nitro groups is 1. The van der Waals surface area contributed by atoms with Crippen molar-refractivity contribution in [2.24, 2.45) is 0 Å². The maximum atomic E-state index is 9.62. The molecule has 0 aromatic carbocycles. The van der Waals surface area contributed by atoms with Crippen LogP contribution in [0.4, 0.5) is 0 Å². The summed E-state index contributed by atoms with van der Waals surface area (Å²) in [5.74, 6) is 0. The van der Waals surface area contributed by atoms with Crippen molar-refractivity contribution in [2.75, 3.05) is 0 Å². The van der Waals surface area contributed by atoms with E-state index in [2.05, 4.69) is 0 Å². The summed E-state index contributed by atoms with van der Waals surface area (Å²) in [5, 5.41) is 24.1. The van der Waals surface area contributed by atoms with Gasteiger partial charge in [0.05, 0.1) is 5.12 Å². The predicted octanol–water partition coefficient (Wildman–Crippen LogP) is -1.05. The molecule has 0 aliphatic rings. The molecule has 0 unspecified atom stereocenters. The van der Waals surface area contributed by atoms with Gasteiger partial charge in [-0.05, 0) is 0 Å². The van der Waals surface area contributed by atoms with Crippen molar-refractivity contribution in [1.29, 1.82) is 10.5 Å². The number of hydrogen-bond acceptors (Lipinski definition) is 5. The van der Waals surface area contributed by atoms with Gasteiger partial charge in [-0.25, -0.2) is 10.1 Å². The van der Waals surface area contributed by atoms with Crippen LogP contribution in [0.3, 0.4) is 0 Å². The first-order valence-corrected chi connectivity index (χ1v) is 1.71. The third kappa shape index (κ3) is 1.94. The van der Waals surface area contributed by atoms with Crippen molar-refractivity contribution in [3.63, 3.8) is 0 Å². The maximum Gasteiger partial charge on any atom is 0.273 e. The van der Waals surface area contributed by atoms with Gasteiger partial charge < -0.3 is 0 Å². The van der Waals surface area contributed by atoms with Crippen LogP contribution in [0.15, 0.2) is 0 Å². The third-order valence-corrected chi connectivity index (χ3v) is 0.414. The third-order valence-electron chi connectivity index (χ3n) is 0.414. The van der Waals surface area contributed by atoms with Crippen molar-refractivity contribution < 1.29 is 5.03 Å². The highest BCUT2D eigenvalue weighted by molar-refractivity contribution is 4.67. The molecule has 0 heterocycles. The summed E-state index contributed by atoms with van der Waals surface area (Å²) in [4.78, 5) is 9.62. The van der Waals surface area contributed by atoms with Crippen molar-refractivity contribution in [3.05, 3.63) is 10.1 Å². The van der Waals surface area contributed by atoms with E-state index in [1.165, 1.54) is 11.6 Å². The smallest absolute Gasteiger partial charge is 0.232 e. The quantitative estimate of drug-likeness (QED) is 0.219. The Bertz CT molecular complexity index is 186. The van der Waals surface area contributed by atoms with Gasteiger partial charge in [0, 0.05) is 0 Å². The minimum Gasteiger partial charge on any atom is -0.232 e. The SMILES string of the molecule is N#CNN(C#N)[N+](=O)[O-]. The van der Waals surface area contributed by atoms with E-state index in [0.717, 1.165) is 6.19 Å². The summed E-state index contributed by atoms with van der Waals surface area (Å²) in [6, 6.07) is 0. The van der Waals surface area contributed by atoms with Crippen molar-refractivity contribution in [3.8, 4) is 12.4 Å². The van der Waals surface area contributed by atoms with Gasteiger partial charge in [0.1, 0.15) is 0 Å². The summed E-state index contributed by atoms with van der Waals surface area (Å²) in [5.41, 5.74) is 1.51. The molecule has 0 bridgehead atoms. The van der Waals surface area contributed by atoms with Crippen LogP contribution >= 0.6 is 0 Å². The molecule has 0 saturated carbocycles. The van der Waals surface area contributed by atoms with Crippen LogP contribution in [0.1, 0.15) is 0 Å². The fourth-order valence-corrected chi connectivity index (χ4v) is 0.150. The van der Waals surface area contributed by atoms with Crippen molar-refractivity contribution in [2.45, 2.75) is 0 Å². The van der Waals surface area contributed by atoms with E-state index >= 15 is 0 Å². The average Bonchev–Trinajstić information content (AvgIpc) is 1.82. The van der Waals surface area contributed by atoms with E-state index in [1.807, 2.05) is 0 Å². The zero-order valence-electron chi connectivity index (χ0n) is 4.11. The molecule has 0 saturated heterocycles. The standard InChI is InChI=1S/C2HN5O2/c3-1-5-6(2-4)7(8)9/h5H. The zero-order chi connectivity index (χ0) is 7.28. The normalized spacial score (nSPS) is 6.44. The van der Waals surface area contributed by atoms with E-state index in [9.17, 15) is 10.1 Å². The van der Waals surface area contributed by atoms with Gasteiger partial charge in [0.2, 0.25) is 6.19 Å². The van der Waals surface area contributed by atoms with Crippen LogP contribution in [0, 0.1) is 33.0 Å². The molecule has 1 N–H and O–H groups in total. The van der Waals surface area contributed by atoms with Gasteiger partial charge >= 0.3 is 0 Å². The molecular formula is C2HN5O2. The predicted molar refractivity (Wildman–Crippen MR) is 23.2 cm³/mol. The van der Waals surface area contributed by atoms with Crippen LogP contribution in [-0.4, -0.2) is 10.2 Å². The first-order valence-electron chi connectivity index (χ1n) is 1.71. The van der Waals surface area contributed by atoms with Crippen molar-refractivity contribution >= 4 is 0 Å². The lowest BCUT2D eigenvalue weighted by Crippen LogP contribution is -2.34. The highest BCUT2D eigenvalue weighted by Gasteiger charge is 2.09. The number of rotatable bonds is 2. The fraction of sp³-hybridized carbons (Fsp3) is 0. The molecular weight excluding hydrogens is 126 g/mol. The molecule has 0 rings (SSSR count). The highest BCUT2D eigenvalue weighted by Crippen LogP contribution is 1.74. The Kier molecular flexibility index (Phi) is 2.36. The van der Waals surface area contributed by atoms with Crippen LogP contribution in [-0.2, 0) is 0 Å². The average molecular weight is 127 g/mol. The lowest BCUT2D eigenvalue weighted by atomic mass is 11.2. The molecule has 0 radical (unpaired) electrons. The molecule has 7 heteroatoms. The zero-order valence-corrected chi connectivity index (χ0v) is 4.11. The Morgan fingerprint density at radius 1 is 1.67 bits per heavy atom. The van der Waals surface area contributed by atoms with Gasteiger partial charge in [0.15, 0.2) is 5.03 Å². The Labute approximate surface area is 49.8 Å². The number of hydrogen-bond donors (Lipinski definition) is 1. The Morgan fingerprint density at radius 2 is 2.22 bits per heavy atom. The second-order valence-corrected chi connectivity index (χ2v) is 0.873. The fourth-order valence-electron chi connectivity index (χ4n) is 0.150. The summed E-state index contributed by atoms with van der Waals surface area (Å²) in [6.45, 7) is 0. The van der Waals surface area contributed by atoms with E-state index in [-0.39, 0.29) is 5.12 Å².